The number of hydrogen-bond donors (Lipinski definition) is 3. The number of hydrogen-bond acceptors (Lipinski definition) is 6. The van der Waals surface area contributed by atoms with Gasteiger partial charge in [0.25, 0.3) is 0 Å². The standard InChI is InChI=1S/C11H13N3O4S2/c1-18-9-4-7(12)2-3-10(9)20(16,17)13-5-8-6-19-11(15)14-8/h2-4,6,13H,5,12H2,1H3,(H,14,15). The van der Waals surface area contributed by atoms with Crippen LogP contribution in [-0.2, 0) is 16.6 Å². The van der Waals surface area contributed by atoms with Gasteiger partial charge in [0.05, 0.1) is 13.7 Å². The summed E-state index contributed by atoms with van der Waals surface area (Å²) in [6.45, 7) is -0.00535. The Morgan fingerprint density at radius 2 is 2.20 bits per heavy atom. The van der Waals surface area contributed by atoms with Gasteiger partial charge in [0, 0.05) is 22.8 Å². The lowest BCUT2D eigenvalue weighted by molar-refractivity contribution is 0.402. The molecule has 0 unspecified atom stereocenters. The van der Waals surface area contributed by atoms with E-state index in [2.05, 4.69) is 9.71 Å². The lowest BCUT2D eigenvalue weighted by Gasteiger charge is -2.10. The number of nitrogens with one attached hydrogen (secondary N) is 2. The Bertz CT molecular complexity index is 764. The number of sulfonamides is 1. The van der Waals surface area contributed by atoms with Crippen LogP contribution in [0, 0.1) is 0 Å². The first-order valence-electron chi connectivity index (χ1n) is 5.52. The van der Waals surface area contributed by atoms with Crippen LogP contribution in [0.4, 0.5) is 5.69 Å². The molecule has 0 saturated heterocycles. The zero-order valence-electron chi connectivity index (χ0n) is 10.5. The summed E-state index contributed by atoms with van der Waals surface area (Å²) >= 11 is 0.973. The molecule has 0 amide bonds. The molecular weight excluding hydrogens is 302 g/mol. The first kappa shape index (κ1) is 14.6. The van der Waals surface area contributed by atoms with Gasteiger partial charge in [-0.05, 0) is 12.1 Å². The normalized spacial score (nSPS) is 11.4. The van der Waals surface area contributed by atoms with Crippen molar-refractivity contribution in [1.29, 1.82) is 0 Å². The molecule has 0 atom stereocenters. The van der Waals surface area contributed by atoms with Gasteiger partial charge in [-0.15, -0.1) is 0 Å². The summed E-state index contributed by atoms with van der Waals surface area (Å²) in [4.78, 5) is 13.3. The fourth-order valence-electron chi connectivity index (χ4n) is 1.56. The fraction of sp³-hybridized carbons (Fsp3) is 0.182. The lowest BCUT2D eigenvalue weighted by Crippen LogP contribution is -2.24. The highest BCUT2D eigenvalue weighted by Crippen LogP contribution is 2.25. The van der Waals surface area contributed by atoms with Gasteiger partial charge in [0.2, 0.25) is 10.0 Å². The average Bonchev–Trinajstić information content (AvgIpc) is 2.82. The third-order valence-electron chi connectivity index (χ3n) is 2.50. The minimum atomic E-state index is -3.76. The molecule has 0 bridgehead atoms. The number of anilines is 1. The molecule has 1 aromatic heterocycles. The van der Waals surface area contributed by atoms with E-state index in [1.807, 2.05) is 0 Å². The molecule has 20 heavy (non-hydrogen) atoms. The van der Waals surface area contributed by atoms with Crippen molar-refractivity contribution in [3.63, 3.8) is 0 Å². The Balaban J connectivity index is 2.24. The predicted octanol–water partition coefficient (Wildman–Crippen LogP) is 0.506. The zero-order valence-corrected chi connectivity index (χ0v) is 12.2. The van der Waals surface area contributed by atoms with Crippen LogP contribution < -0.4 is 20.1 Å². The maximum atomic E-state index is 12.2. The van der Waals surface area contributed by atoms with E-state index in [4.69, 9.17) is 10.5 Å². The summed E-state index contributed by atoms with van der Waals surface area (Å²) in [5.41, 5.74) is 6.48. The number of methoxy groups -OCH3 is 1. The minimum absolute atomic E-state index is 0.00535. The highest BCUT2D eigenvalue weighted by molar-refractivity contribution is 7.89. The topological polar surface area (TPSA) is 114 Å². The molecule has 1 aromatic carbocycles. The van der Waals surface area contributed by atoms with Crippen molar-refractivity contribution >= 4 is 27.0 Å². The monoisotopic (exact) mass is 315 g/mol. The van der Waals surface area contributed by atoms with Crippen molar-refractivity contribution in [3.8, 4) is 5.75 Å². The molecule has 108 valence electrons. The van der Waals surface area contributed by atoms with Gasteiger partial charge in [-0.25, -0.2) is 13.1 Å². The quantitative estimate of drug-likeness (QED) is 0.695. The summed E-state index contributed by atoms with van der Waals surface area (Å²) in [6, 6.07) is 4.28. The van der Waals surface area contributed by atoms with Crippen LogP contribution >= 0.6 is 11.3 Å². The highest BCUT2D eigenvalue weighted by atomic mass is 32.2. The second-order valence-electron chi connectivity index (χ2n) is 3.91. The molecule has 4 N–H and O–H groups in total. The molecule has 9 heteroatoms. The first-order chi connectivity index (χ1) is 9.42. The van der Waals surface area contributed by atoms with Crippen molar-refractivity contribution in [3.05, 3.63) is 38.9 Å². The van der Waals surface area contributed by atoms with E-state index in [1.165, 1.54) is 25.3 Å². The molecule has 0 saturated carbocycles. The molecule has 0 aliphatic rings. The molecule has 0 spiro atoms. The SMILES string of the molecule is COc1cc(N)ccc1S(=O)(=O)NCc1csc(=O)[nH]1. The van der Waals surface area contributed by atoms with E-state index in [1.54, 1.807) is 5.38 Å². The van der Waals surface area contributed by atoms with E-state index in [9.17, 15) is 13.2 Å². The predicted molar refractivity (Wildman–Crippen MR) is 76.4 cm³/mol. The van der Waals surface area contributed by atoms with E-state index in [0.29, 0.717) is 11.4 Å². The zero-order chi connectivity index (χ0) is 14.8. The number of nitrogen functional groups attached to an aromatic ring is 1. The molecular formula is C11H13N3O4S2. The van der Waals surface area contributed by atoms with E-state index in [0.717, 1.165) is 11.3 Å². The number of thiazole rings is 1. The van der Waals surface area contributed by atoms with E-state index in [-0.39, 0.29) is 22.1 Å². The number of H-pyrrole nitrogens is 1. The molecule has 0 aliphatic carbocycles. The smallest absolute Gasteiger partial charge is 0.304 e. The largest absolute Gasteiger partial charge is 0.495 e. The van der Waals surface area contributed by atoms with Gasteiger partial charge in [-0.1, -0.05) is 11.3 Å². The Hall–Kier alpha value is -1.84. The van der Waals surface area contributed by atoms with Crippen LogP contribution in [-0.4, -0.2) is 20.5 Å². The summed E-state index contributed by atoms with van der Waals surface area (Å²) in [7, 11) is -2.39. The van der Waals surface area contributed by atoms with Crippen LogP contribution in [0.1, 0.15) is 5.69 Å². The van der Waals surface area contributed by atoms with Crippen LogP contribution in [0.5, 0.6) is 5.75 Å². The Labute approximate surface area is 119 Å². The maximum Gasteiger partial charge on any atom is 0.304 e. The Kier molecular flexibility index (Phi) is 4.12. The second kappa shape index (κ2) is 5.65. The van der Waals surface area contributed by atoms with Crippen LogP contribution in [0.15, 0.2) is 33.3 Å². The third-order valence-corrected chi connectivity index (χ3v) is 4.66. The van der Waals surface area contributed by atoms with Gasteiger partial charge in [0.1, 0.15) is 10.6 Å². The molecule has 1 heterocycles. The van der Waals surface area contributed by atoms with Crippen molar-refractivity contribution < 1.29 is 13.2 Å². The summed E-state index contributed by atoms with van der Waals surface area (Å²) in [5.74, 6) is 0.163. The van der Waals surface area contributed by atoms with Crippen LogP contribution in [0.25, 0.3) is 0 Å². The Morgan fingerprint density at radius 1 is 1.45 bits per heavy atom. The number of aromatic amines is 1. The van der Waals surface area contributed by atoms with Gasteiger partial charge >= 0.3 is 4.87 Å². The summed E-state index contributed by atoms with van der Waals surface area (Å²) in [5, 5.41) is 1.56. The minimum Gasteiger partial charge on any atom is -0.495 e. The number of ether oxygens (including phenoxy) is 1. The van der Waals surface area contributed by atoms with Gasteiger partial charge in [-0.3, -0.25) is 4.79 Å². The summed E-state index contributed by atoms with van der Waals surface area (Å²) < 4.78 is 31.8. The molecule has 7 nitrogen and oxygen atoms in total. The number of benzene rings is 1. The number of rotatable bonds is 5. The Morgan fingerprint density at radius 3 is 2.80 bits per heavy atom. The second-order valence-corrected chi connectivity index (χ2v) is 6.49. The lowest BCUT2D eigenvalue weighted by atomic mass is 10.3. The molecule has 0 fully saturated rings. The fourth-order valence-corrected chi connectivity index (χ4v) is 3.29. The first-order valence-corrected chi connectivity index (χ1v) is 7.88. The van der Waals surface area contributed by atoms with Crippen molar-refractivity contribution in [2.24, 2.45) is 0 Å². The highest BCUT2D eigenvalue weighted by Gasteiger charge is 2.19. The number of aromatic nitrogens is 1. The molecule has 0 radical (unpaired) electrons. The van der Waals surface area contributed by atoms with Crippen molar-refractivity contribution in [2.75, 3.05) is 12.8 Å². The third kappa shape index (κ3) is 3.18. The van der Waals surface area contributed by atoms with Crippen LogP contribution in [0.2, 0.25) is 0 Å². The van der Waals surface area contributed by atoms with E-state index < -0.39 is 10.0 Å². The molecule has 2 rings (SSSR count). The molecule has 2 aromatic rings. The van der Waals surface area contributed by atoms with Gasteiger partial charge in [-0.2, -0.15) is 0 Å². The van der Waals surface area contributed by atoms with Crippen LogP contribution in [0.3, 0.4) is 0 Å². The van der Waals surface area contributed by atoms with Gasteiger partial charge < -0.3 is 15.5 Å². The number of nitrogens with two attached hydrogens (primary N) is 1. The summed E-state index contributed by atoms with van der Waals surface area (Å²) in [6.07, 6.45) is 0. The van der Waals surface area contributed by atoms with Gasteiger partial charge in [0.15, 0.2) is 0 Å². The van der Waals surface area contributed by atoms with E-state index >= 15 is 0 Å². The average molecular weight is 315 g/mol. The maximum absolute atomic E-state index is 12.2. The van der Waals surface area contributed by atoms with Crippen molar-refractivity contribution in [2.45, 2.75) is 11.4 Å². The van der Waals surface area contributed by atoms with Crippen molar-refractivity contribution in [1.82, 2.24) is 9.71 Å². The molecule has 0 aliphatic heterocycles.